The molecule has 0 aliphatic rings. The molecule has 2 rings (SSSR count). The molecule has 0 saturated heterocycles. The van der Waals surface area contributed by atoms with Crippen LogP contribution in [-0.4, -0.2) is 7.05 Å². The number of halogens is 1. The van der Waals surface area contributed by atoms with E-state index in [0.717, 1.165) is 11.3 Å². The molecule has 20 heavy (non-hydrogen) atoms. The van der Waals surface area contributed by atoms with Crippen molar-refractivity contribution in [2.24, 2.45) is 0 Å². The van der Waals surface area contributed by atoms with E-state index in [9.17, 15) is 4.39 Å². The fraction of sp³-hybridized carbons (Fsp3) is 0.294. The fourth-order valence-electron chi connectivity index (χ4n) is 2.15. The summed E-state index contributed by atoms with van der Waals surface area (Å²) in [5.74, 6) is 1.45. The summed E-state index contributed by atoms with van der Waals surface area (Å²) in [7, 11) is 1.79. The van der Waals surface area contributed by atoms with Crippen molar-refractivity contribution in [2.45, 2.75) is 26.3 Å². The first kappa shape index (κ1) is 14.5. The lowest BCUT2D eigenvalue weighted by atomic mass is 10.0. The van der Waals surface area contributed by atoms with E-state index in [2.05, 4.69) is 19.2 Å². The largest absolute Gasteiger partial charge is 0.457 e. The van der Waals surface area contributed by atoms with Crippen molar-refractivity contribution < 1.29 is 9.13 Å². The molecule has 0 bridgehead atoms. The first-order chi connectivity index (χ1) is 9.63. The molecule has 0 spiro atoms. The summed E-state index contributed by atoms with van der Waals surface area (Å²) < 4.78 is 19.8. The van der Waals surface area contributed by atoms with Gasteiger partial charge in [-0.3, -0.25) is 0 Å². The molecule has 0 aliphatic heterocycles. The maximum Gasteiger partial charge on any atom is 0.134 e. The maximum absolute atomic E-state index is 13.9. The third-order valence-corrected chi connectivity index (χ3v) is 3.19. The summed E-state index contributed by atoms with van der Waals surface area (Å²) in [5, 5.41) is 2.97. The van der Waals surface area contributed by atoms with Crippen molar-refractivity contribution in [3.63, 3.8) is 0 Å². The van der Waals surface area contributed by atoms with Crippen LogP contribution in [0.3, 0.4) is 0 Å². The van der Waals surface area contributed by atoms with Crippen molar-refractivity contribution in [3.8, 4) is 11.5 Å². The topological polar surface area (TPSA) is 21.3 Å². The molecule has 0 saturated carbocycles. The second-order valence-electron chi connectivity index (χ2n) is 5.04. The number of benzene rings is 2. The molecule has 1 N–H and O–H groups in total. The van der Waals surface area contributed by atoms with Gasteiger partial charge in [-0.05, 0) is 36.7 Å². The molecule has 0 fully saturated rings. The zero-order valence-corrected chi connectivity index (χ0v) is 12.1. The number of hydrogen-bond acceptors (Lipinski definition) is 2. The summed E-state index contributed by atoms with van der Waals surface area (Å²) in [6.07, 6.45) is 0. The Labute approximate surface area is 119 Å². The van der Waals surface area contributed by atoms with Crippen molar-refractivity contribution in [2.75, 3.05) is 7.05 Å². The first-order valence-electron chi connectivity index (χ1n) is 6.82. The Bertz CT molecular complexity index is 581. The number of nitrogens with one attached hydrogen (secondary N) is 1. The quantitative estimate of drug-likeness (QED) is 0.868. The molecule has 2 aromatic carbocycles. The van der Waals surface area contributed by atoms with Crippen LogP contribution in [0.1, 0.15) is 30.9 Å². The van der Waals surface area contributed by atoms with Gasteiger partial charge in [0, 0.05) is 12.1 Å². The van der Waals surface area contributed by atoms with Gasteiger partial charge in [-0.25, -0.2) is 4.39 Å². The van der Waals surface area contributed by atoms with Crippen molar-refractivity contribution in [3.05, 3.63) is 59.4 Å². The van der Waals surface area contributed by atoms with E-state index in [0.29, 0.717) is 23.8 Å². The standard InChI is InChI=1S/C17H20FNO/c1-12(2)13-7-4-5-9-16(13)20-17-10-6-8-15(18)14(17)11-19-3/h4-10,12,19H,11H2,1-3H3. The summed E-state index contributed by atoms with van der Waals surface area (Å²) in [6.45, 7) is 4.66. The number of ether oxygens (including phenoxy) is 1. The minimum Gasteiger partial charge on any atom is -0.457 e. The highest BCUT2D eigenvalue weighted by Crippen LogP contribution is 2.32. The summed E-state index contributed by atoms with van der Waals surface area (Å²) >= 11 is 0. The van der Waals surface area contributed by atoms with E-state index in [-0.39, 0.29) is 5.82 Å². The highest BCUT2D eigenvalue weighted by Gasteiger charge is 2.12. The van der Waals surface area contributed by atoms with E-state index >= 15 is 0 Å². The van der Waals surface area contributed by atoms with Gasteiger partial charge in [0.2, 0.25) is 0 Å². The maximum atomic E-state index is 13.9. The van der Waals surface area contributed by atoms with Crippen molar-refractivity contribution >= 4 is 0 Å². The van der Waals surface area contributed by atoms with Crippen molar-refractivity contribution in [1.82, 2.24) is 5.32 Å². The van der Waals surface area contributed by atoms with E-state index in [1.807, 2.05) is 24.3 Å². The molecule has 0 atom stereocenters. The molecule has 3 heteroatoms. The van der Waals surface area contributed by atoms with Crippen LogP contribution in [0.15, 0.2) is 42.5 Å². The van der Waals surface area contributed by atoms with Crippen LogP contribution in [0, 0.1) is 5.82 Å². The van der Waals surface area contributed by atoms with E-state index < -0.39 is 0 Å². The average molecular weight is 273 g/mol. The van der Waals surface area contributed by atoms with E-state index in [1.54, 1.807) is 19.2 Å². The predicted octanol–water partition coefficient (Wildman–Crippen LogP) is 4.46. The lowest BCUT2D eigenvalue weighted by Gasteiger charge is -2.16. The van der Waals surface area contributed by atoms with Gasteiger partial charge in [0.15, 0.2) is 0 Å². The highest BCUT2D eigenvalue weighted by molar-refractivity contribution is 5.42. The van der Waals surface area contributed by atoms with E-state index in [1.165, 1.54) is 6.07 Å². The van der Waals surface area contributed by atoms with Crippen LogP contribution in [0.4, 0.5) is 4.39 Å². The Balaban J connectivity index is 2.38. The van der Waals surface area contributed by atoms with Crippen LogP contribution in [0.5, 0.6) is 11.5 Å². The molecule has 0 unspecified atom stereocenters. The second-order valence-corrected chi connectivity index (χ2v) is 5.04. The van der Waals surface area contributed by atoms with Gasteiger partial charge < -0.3 is 10.1 Å². The molecule has 2 nitrogen and oxygen atoms in total. The van der Waals surface area contributed by atoms with Gasteiger partial charge in [0.05, 0.1) is 0 Å². The zero-order chi connectivity index (χ0) is 14.5. The van der Waals surface area contributed by atoms with Gasteiger partial charge in [-0.1, -0.05) is 38.1 Å². The monoisotopic (exact) mass is 273 g/mol. The molecular weight excluding hydrogens is 253 g/mol. The Morgan fingerprint density at radius 3 is 2.45 bits per heavy atom. The lowest BCUT2D eigenvalue weighted by molar-refractivity contribution is 0.456. The van der Waals surface area contributed by atoms with Gasteiger partial charge in [-0.2, -0.15) is 0 Å². The molecule has 0 amide bonds. The van der Waals surface area contributed by atoms with Gasteiger partial charge in [-0.15, -0.1) is 0 Å². The SMILES string of the molecule is CNCc1c(F)cccc1Oc1ccccc1C(C)C. The molecule has 0 heterocycles. The normalized spacial score (nSPS) is 10.8. The van der Waals surface area contributed by atoms with Gasteiger partial charge in [0.25, 0.3) is 0 Å². The van der Waals surface area contributed by atoms with Crippen LogP contribution >= 0.6 is 0 Å². The van der Waals surface area contributed by atoms with Gasteiger partial charge in [0.1, 0.15) is 17.3 Å². The van der Waals surface area contributed by atoms with Crippen LogP contribution in [0.25, 0.3) is 0 Å². The van der Waals surface area contributed by atoms with Crippen LogP contribution < -0.4 is 10.1 Å². The van der Waals surface area contributed by atoms with Crippen molar-refractivity contribution in [1.29, 1.82) is 0 Å². The molecular formula is C17H20FNO. The highest BCUT2D eigenvalue weighted by atomic mass is 19.1. The molecule has 0 radical (unpaired) electrons. The Kier molecular flexibility index (Phi) is 4.74. The molecule has 0 aromatic heterocycles. The lowest BCUT2D eigenvalue weighted by Crippen LogP contribution is -2.08. The zero-order valence-electron chi connectivity index (χ0n) is 12.1. The number of hydrogen-bond donors (Lipinski definition) is 1. The summed E-state index contributed by atoms with van der Waals surface area (Å²) in [6, 6.07) is 12.8. The van der Waals surface area contributed by atoms with E-state index in [4.69, 9.17) is 4.74 Å². The second kappa shape index (κ2) is 6.53. The van der Waals surface area contributed by atoms with Crippen LogP contribution in [-0.2, 0) is 6.54 Å². The average Bonchev–Trinajstić information content (AvgIpc) is 2.43. The Morgan fingerprint density at radius 2 is 1.75 bits per heavy atom. The Morgan fingerprint density at radius 1 is 1.05 bits per heavy atom. The third kappa shape index (κ3) is 3.17. The minimum atomic E-state index is -0.251. The van der Waals surface area contributed by atoms with Crippen LogP contribution in [0.2, 0.25) is 0 Å². The molecule has 0 aliphatic carbocycles. The summed E-state index contributed by atoms with van der Waals surface area (Å²) in [4.78, 5) is 0. The first-order valence-corrected chi connectivity index (χ1v) is 6.82. The third-order valence-electron chi connectivity index (χ3n) is 3.19. The predicted molar refractivity (Wildman–Crippen MR) is 79.8 cm³/mol. The van der Waals surface area contributed by atoms with Gasteiger partial charge >= 0.3 is 0 Å². The smallest absolute Gasteiger partial charge is 0.134 e. The fourth-order valence-corrected chi connectivity index (χ4v) is 2.15. The molecule has 106 valence electrons. The summed E-state index contributed by atoms with van der Waals surface area (Å²) in [5.41, 5.74) is 1.67. The number of rotatable bonds is 5. The minimum absolute atomic E-state index is 0.251. The number of para-hydroxylation sites is 1. The molecule has 2 aromatic rings. The Hall–Kier alpha value is -1.87.